The van der Waals surface area contributed by atoms with Crippen LogP contribution in [0.3, 0.4) is 0 Å². The van der Waals surface area contributed by atoms with Gasteiger partial charge in [0.2, 0.25) is 5.91 Å². The van der Waals surface area contributed by atoms with Gasteiger partial charge in [0, 0.05) is 36.7 Å². The third-order valence-corrected chi connectivity index (χ3v) is 2.88. The number of carbonyl (C=O) groups excluding carboxylic acids is 1. The summed E-state index contributed by atoms with van der Waals surface area (Å²) < 4.78 is 5.21. The van der Waals surface area contributed by atoms with E-state index < -0.39 is 0 Å². The lowest BCUT2D eigenvalue weighted by atomic mass is 10.1. The normalized spacial score (nSPS) is 18.6. The maximum absolute atomic E-state index is 11.9. The number of rotatable bonds is 4. The second-order valence-corrected chi connectivity index (χ2v) is 4.04. The van der Waals surface area contributed by atoms with Crippen molar-refractivity contribution in [3.05, 3.63) is 28.9 Å². The largest absolute Gasteiger partial charge is 0.494 e. The first kappa shape index (κ1) is 12.2. The molecular weight excluding hydrogens is 234 g/mol. The minimum atomic E-state index is -0.000519. The topological polar surface area (TPSA) is 91.2 Å². The average Bonchev–Trinajstić information content (AvgIpc) is 2.77. The predicted octanol–water partition coefficient (Wildman–Crippen LogP) is 1.75. The molecular formula is C11H13N5O2. The van der Waals surface area contributed by atoms with Gasteiger partial charge in [-0.15, -0.1) is 0 Å². The summed E-state index contributed by atoms with van der Waals surface area (Å²) >= 11 is 0. The number of ether oxygens (including phenoxy) is 1. The number of nitrogens with zero attached hydrogens (tertiary/aromatic N) is 5. The van der Waals surface area contributed by atoms with E-state index in [0.717, 1.165) is 0 Å². The Hall–Kier alpha value is -2.27. The Labute approximate surface area is 104 Å². The van der Waals surface area contributed by atoms with Gasteiger partial charge in [0.05, 0.1) is 13.3 Å². The molecule has 1 aliphatic rings. The molecule has 1 unspecified atom stereocenters. The molecule has 0 spiro atoms. The second kappa shape index (κ2) is 5.37. The van der Waals surface area contributed by atoms with E-state index in [2.05, 4.69) is 15.0 Å². The lowest BCUT2D eigenvalue weighted by Crippen LogP contribution is -2.25. The van der Waals surface area contributed by atoms with E-state index in [1.54, 1.807) is 30.5 Å². The Morgan fingerprint density at radius 2 is 2.56 bits per heavy atom. The number of azide groups is 1. The van der Waals surface area contributed by atoms with Crippen molar-refractivity contribution in [1.82, 2.24) is 4.98 Å². The number of aromatic nitrogens is 1. The lowest BCUT2D eigenvalue weighted by Gasteiger charge is -2.18. The molecule has 1 amide bonds. The maximum Gasteiger partial charge on any atom is 0.227 e. The molecule has 0 bridgehead atoms. The van der Waals surface area contributed by atoms with Gasteiger partial charge >= 0.3 is 0 Å². The Bertz CT molecular complexity index is 498. The third-order valence-electron chi connectivity index (χ3n) is 2.88. The lowest BCUT2D eigenvalue weighted by molar-refractivity contribution is -0.117. The first-order valence-electron chi connectivity index (χ1n) is 5.55. The van der Waals surface area contributed by atoms with Crippen molar-refractivity contribution in [2.75, 3.05) is 25.1 Å². The monoisotopic (exact) mass is 247 g/mol. The number of hydrogen-bond acceptors (Lipinski definition) is 4. The van der Waals surface area contributed by atoms with Crippen LogP contribution in [0.5, 0.6) is 5.75 Å². The van der Waals surface area contributed by atoms with Crippen LogP contribution in [0.15, 0.2) is 23.6 Å². The fraction of sp³-hybridized carbons (Fsp3) is 0.455. The highest BCUT2D eigenvalue weighted by Gasteiger charge is 2.31. The number of pyridine rings is 1. The highest BCUT2D eigenvalue weighted by atomic mass is 16.5. The summed E-state index contributed by atoms with van der Waals surface area (Å²) in [5.74, 6) is 0.667. The number of carbonyl (C=O) groups is 1. The van der Waals surface area contributed by atoms with E-state index in [-0.39, 0.29) is 11.8 Å². The SMILES string of the molecule is COc1ccncc1N1CC(CN=[N+]=[N-])CC1=O. The van der Waals surface area contributed by atoms with Gasteiger partial charge in [0.25, 0.3) is 0 Å². The quantitative estimate of drug-likeness (QED) is 0.461. The molecule has 18 heavy (non-hydrogen) atoms. The zero-order valence-electron chi connectivity index (χ0n) is 9.98. The van der Waals surface area contributed by atoms with E-state index in [0.29, 0.717) is 30.9 Å². The Balaban J connectivity index is 2.18. The van der Waals surface area contributed by atoms with Crippen LogP contribution in [-0.4, -0.2) is 31.1 Å². The Morgan fingerprint density at radius 1 is 1.72 bits per heavy atom. The minimum Gasteiger partial charge on any atom is -0.494 e. The first-order valence-corrected chi connectivity index (χ1v) is 5.55. The summed E-state index contributed by atoms with van der Waals surface area (Å²) in [5.41, 5.74) is 8.95. The predicted molar refractivity (Wildman–Crippen MR) is 65.3 cm³/mol. The Morgan fingerprint density at radius 3 is 3.28 bits per heavy atom. The zero-order valence-corrected chi connectivity index (χ0v) is 9.98. The summed E-state index contributed by atoms with van der Waals surface area (Å²) in [6.07, 6.45) is 3.60. The van der Waals surface area contributed by atoms with Gasteiger partial charge in [0.15, 0.2) is 0 Å². The van der Waals surface area contributed by atoms with Crippen LogP contribution < -0.4 is 9.64 Å². The van der Waals surface area contributed by atoms with Gasteiger partial charge in [-0.2, -0.15) is 0 Å². The fourth-order valence-electron chi connectivity index (χ4n) is 2.04. The molecule has 0 aliphatic carbocycles. The van der Waals surface area contributed by atoms with Crippen molar-refractivity contribution in [2.24, 2.45) is 11.0 Å². The van der Waals surface area contributed by atoms with E-state index in [1.807, 2.05) is 0 Å². The molecule has 1 fully saturated rings. The zero-order chi connectivity index (χ0) is 13.0. The van der Waals surface area contributed by atoms with Crippen molar-refractivity contribution < 1.29 is 9.53 Å². The number of amides is 1. The molecule has 2 rings (SSSR count). The molecule has 1 atom stereocenters. The fourth-order valence-corrected chi connectivity index (χ4v) is 2.04. The van der Waals surface area contributed by atoms with Crippen molar-refractivity contribution in [3.63, 3.8) is 0 Å². The molecule has 0 N–H and O–H groups in total. The van der Waals surface area contributed by atoms with Crippen LogP contribution in [0, 0.1) is 5.92 Å². The second-order valence-electron chi connectivity index (χ2n) is 4.04. The van der Waals surface area contributed by atoms with E-state index in [1.165, 1.54) is 0 Å². The summed E-state index contributed by atoms with van der Waals surface area (Å²) in [5, 5.41) is 3.51. The first-order chi connectivity index (χ1) is 8.76. The number of methoxy groups -OCH3 is 1. The Kier molecular flexibility index (Phi) is 3.64. The molecule has 1 aliphatic heterocycles. The van der Waals surface area contributed by atoms with Gasteiger partial charge in [0.1, 0.15) is 11.4 Å². The smallest absolute Gasteiger partial charge is 0.227 e. The van der Waals surface area contributed by atoms with Gasteiger partial charge in [-0.05, 0) is 11.4 Å². The van der Waals surface area contributed by atoms with Crippen LogP contribution in [0.25, 0.3) is 10.4 Å². The van der Waals surface area contributed by atoms with Crippen LogP contribution >= 0.6 is 0 Å². The minimum absolute atomic E-state index is 0.000519. The summed E-state index contributed by atoms with van der Waals surface area (Å²) in [7, 11) is 1.55. The van der Waals surface area contributed by atoms with Gasteiger partial charge in [-0.1, -0.05) is 5.11 Å². The number of hydrogen-bond donors (Lipinski definition) is 0. The summed E-state index contributed by atoms with van der Waals surface area (Å²) in [6, 6.07) is 1.71. The third kappa shape index (κ3) is 2.36. The molecule has 7 nitrogen and oxygen atoms in total. The van der Waals surface area contributed by atoms with E-state index in [4.69, 9.17) is 10.3 Å². The molecule has 0 saturated carbocycles. The molecule has 0 aromatic carbocycles. The maximum atomic E-state index is 11.9. The van der Waals surface area contributed by atoms with Gasteiger partial charge in [-0.3, -0.25) is 9.78 Å². The molecule has 1 aromatic rings. The molecule has 1 aromatic heterocycles. The van der Waals surface area contributed by atoms with Crippen molar-refractivity contribution in [1.29, 1.82) is 0 Å². The average molecular weight is 247 g/mol. The molecule has 1 saturated heterocycles. The highest BCUT2D eigenvalue weighted by Crippen LogP contribution is 2.31. The van der Waals surface area contributed by atoms with E-state index in [9.17, 15) is 4.79 Å². The van der Waals surface area contributed by atoms with Gasteiger partial charge in [-0.25, -0.2) is 0 Å². The number of anilines is 1. The summed E-state index contributed by atoms with van der Waals surface area (Å²) in [6.45, 7) is 0.862. The molecule has 7 heteroatoms. The van der Waals surface area contributed by atoms with Gasteiger partial charge < -0.3 is 9.64 Å². The van der Waals surface area contributed by atoms with Crippen LogP contribution in [0.4, 0.5) is 5.69 Å². The van der Waals surface area contributed by atoms with Crippen LogP contribution in [0.2, 0.25) is 0 Å². The summed E-state index contributed by atoms with van der Waals surface area (Å²) in [4.78, 5) is 20.3. The van der Waals surface area contributed by atoms with Crippen LogP contribution in [-0.2, 0) is 4.79 Å². The van der Waals surface area contributed by atoms with Crippen molar-refractivity contribution in [3.8, 4) is 5.75 Å². The van der Waals surface area contributed by atoms with Crippen molar-refractivity contribution >= 4 is 11.6 Å². The standard InChI is InChI=1S/C11H13N5O2/c1-18-10-2-3-13-6-9(10)16-7-8(4-11(16)17)5-14-15-12/h2-3,6,8H,4-5,7H2,1H3. The van der Waals surface area contributed by atoms with Crippen molar-refractivity contribution in [2.45, 2.75) is 6.42 Å². The highest BCUT2D eigenvalue weighted by molar-refractivity contribution is 5.96. The molecule has 94 valence electrons. The van der Waals surface area contributed by atoms with E-state index >= 15 is 0 Å². The molecule has 0 radical (unpaired) electrons. The molecule has 2 heterocycles. The van der Waals surface area contributed by atoms with Crippen LogP contribution in [0.1, 0.15) is 6.42 Å².